The van der Waals surface area contributed by atoms with Crippen LogP contribution in [0, 0.1) is 0 Å². The second kappa shape index (κ2) is 4.47. The Balaban J connectivity index is 1.80. The fourth-order valence-corrected chi connectivity index (χ4v) is 3.12. The number of benzene rings is 1. The Hall–Kier alpha value is -1.56. The minimum atomic E-state index is -0.629. The summed E-state index contributed by atoms with van der Waals surface area (Å²) < 4.78 is 6.26. The molecular formula is C15H17BrN2O3. The van der Waals surface area contributed by atoms with E-state index in [1.54, 1.807) is 4.90 Å². The molecule has 0 unspecified atom stereocenters. The van der Waals surface area contributed by atoms with Crippen molar-refractivity contribution in [3.05, 3.63) is 28.2 Å². The van der Waals surface area contributed by atoms with Crippen LogP contribution in [0.1, 0.15) is 26.3 Å². The lowest BCUT2D eigenvalue weighted by atomic mass is 9.75. The summed E-state index contributed by atoms with van der Waals surface area (Å²) in [6.45, 7) is 6.20. The van der Waals surface area contributed by atoms with E-state index in [2.05, 4.69) is 21.2 Å². The Morgan fingerprint density at radius 3 is 2.67 bits per heavy atom. The van der Waals surface area contributed by atoms with Crippen LogP contribution < -0.4 is 5.32 Å². The molecule has 0 aromatic heterocycles. The first kappa shape index (κ1) is 14.4. The Morgan fingerprint density at radius 1 is 1.38 bits per heavy atom. The van der Waals surface area contributed by atoms with Gasteiger partial charge in [-0.25, -0.2) is 4.79 Å². The Morgan fingerprint density at radius 2 is 2.05 bits per heavy atom. The fourth-order valence-electron chi connectivity index (χ4n) is 2.76. The van der Waals surface area contributed by atoms with Gasteiger partial charge in [0.05, 0.1) is 0 Å². The average molecular weight is 353 g/mol. The van der Waals surface area contributed by atoms with Crippen LogP contribution in [0.25, 0.3) is 0 Å². The van der Waals surface area contributed by atoms with E-state index in [1.807, 2.05) is 39.0 Å². The van der Waals surface area contributed by atoms with Crippen LogP contribution in [0.2, 0.25) is 0 Å². The van der Waals surface area contributed by atoms with E-state index in [9.17, 15) is 9.59 Å². The van der Waals surface area contributed by atoms with Gasteiger partial charge in [0, 0.05) is 23.2 Å². The molecule has 3 rings (SSSR count). The Kier molecular flexibility index (Phi) is 3.06. The van der Waals surface area contributed by atoms with Gasteiger partial charge >= 0.3 is 6.09 Å². The van der Waals surface area contributed by atoms with Gasteiger partial charge in [-0.2, -0.15) is 0 Å². The molecule has 6 heteroatoms. The van der Waals surface area contributed by atoms with E-state index in [4.69, 9.17) is 4.74 Å². The van der Waals surface area contributed by atoms with E-state index in [1.165, 1.54) is 0 Å². The molecule has 1 aromatic carbocycles. The van der Waals surface area contributed by atoms with E-state index in [0.717, 1.165) is 15.7 Å². The van der Waals surface area contributed by atoms with E-state index in [0.29, 0.717) is 13.1 Å². The highest BCUT2D eigenvalue weighted by molar-refractivity contribution is 9.10. The molecule has 21 heavy (non-hydrogen) atoms. The van der Waals surface area contributed by atoms with Gasteiger partial charge in [-0.15, -0.1) is 0 Å². The number of hydrogen-bond donors (Lipinski definition) is 1. The molecule has 0 bridgehead atoms. The highest BCUT2D eigenvalue weighted by Gasteiger charge is 2.57. The summed E-state index contributed by atoms with van der Waals surface area (Å²) in [5.74, 6) is -0.0459. The molecule has 1 N–H and O–H groups in total. The first-order chi connectivity index (χ1) is 9.71. The Bertz CT molecular complexity index is 630. The van der Waals surface area contributed by atoms with Crippen LogP contribution in [-0.2, 0) is 14.9 Å². The zero-order valence-electron chi connectivity index (χ0n) is 12.2. The van der Waals surface area contributed by atoms with Gasteiger partial charge in [-0.3, -0.25) is 4.79 Å². The van der Waals surface area contributed by atoms with Gasteiger partial charge in [0.15, 0.2) is 0 Å². The third-order valence-corrected chi connectivity index (χ3v) is 4.25. The number of rotatable bonds is 0. The zero-order chi connectivity index (χ0) is 15.4. The number of carbonyl (C=O) groups excluding carboxylic acids is 2. The monoisotopic (exact) mass is 352 g/mol. The van der Waals surface area contributed by atoms with Crippen molar-refractivity contribution >= 4 is 33.6 Å². The number of carbonyl (C=O) groups is 2. The van der Waals surface area contributed by atoms with Crippen molar-refractivity contribution in [2.45, 2.75) is 31.8 Å². The van der Waals surface area contributed by atoms with E-state index < -0.39 is 11.0 Å². The predicted octanol–water partition coefficient (Wildman–Crippen LogP) is 2.89. The molecule has 1 saturated heterocycles. The molecular weight excluding hydrogens is 336 g/mol. The van der Waals surface area contributed by atoms with Crippen molar-refractivity contribution in [1.82, 2.24) is 4.90 Å². The van der Waals surface area contributed by atoms with Gasteiger partial charge in [-0.1, -0.05) is 15.9 Å². The predicted molar refractivity (Wildman–Crippen MR) is 82.3 cm³/mol. The number of ether oxygens (including phenoxy) is 1. The summed E-state index contributed by atoms with van der Waals surface area (Å²) in [5.41, 5.74) is 0.614. The number of fused-ring (bicyclic) bond motifs is 2. The highest BCUT2D eigenvalue weighted by Crippen LogP contribution is 2.45. The number of nitrogens with one attached hydrogen (secondary N) is 1. The maximum Gasteiger partial charge on any atom is 0.410 e. The fraction of sp³-hybridized carbons (Fsp3) is 0.467. The number of halogens is 1. The first-order valence-electron chi connectivity index (χ1n) is 6.81. The summed E-state index contributed by atoms with van der Waals surface area (Å²) in [4.78, 5) is 25.9. The normalized spacial score (nSPS) is 19.0. The second-order valence-electron chi connectivity index (χ2n) is 6.56. The number of hydrogen-bond acceptors (Lipinski definition) is 3. The van der Waals surface area contributed by atoms with Gasteiger partial charge < -0.3 is 15.0 Å². The average Bonchev–Trinajstić information content (AvgIpc) is 2.56. The van der Waals surface area contributed by atoms with Crippen molar-refractivity contribution in [2.24, 2.45) is 0 Å². The highest BCUT2D eigenvalue weighted by atomic mass is 79.9. The molecule has 2 aliphatic heterocycles. The molecule has 0 radical (unpaired) electrons. The van der Waals surface area contributed by atoms with Crippen LogP contribution in [-0.4, -0.2) is 35.6 Å². The van der Waals surface area contributed by atoms with Crippen LogP contribution in [0.5, 0.6) is 0 Å². The molecule has 1 aromatic rings. The lowest BCUT2D eigenvalue weighted by Crippen LogP contribution is -2.64. The lowest BCUT2D eigenvalue weighted by molar-refractivity contribution is -0.126. The molecule has 112 valence electrons. The molecule has 1 fully saturated rings. The molecule has 0 aliphatic carbocycles. The van der Waals surface area contributed by atoms with Gasteiger partial charge in [0.1, 0.15) is 11.0 Å². The standard InChI is InChI=1S/C15H17BrN2O3/c1-14(2,3)21-13(20)18-7-15(8-18)10-6-9(16)4-5-11(10)17-12(15)19/h4-6H,7-8H2,1-3H3,(H,17,19). The second-order valence-corrected chi connectivity index (χ2v) is 7.48. The van der Waals surface area contributed by atoms with Crippen molar-refractivity contribution in [3.8, 4) is 0 Å². The lowest BCUT2D eigenvalue weighted by Gasteiger charge is -2.46. The van der Waals surface area contributed by atoms with Gasteiger partial charge in [-0.05, 0) is 44.5 Å². The smallest absolute Gasteiger partial charge is 0.410 e. The summed E-state index contributed by atoms with van der Waals surface area (Å²) in [6.07, 6.45) is -0.371. The van der Waals surface area contributed by atoms with Crippen LogP contribution in [0.15, 0.2) is 22.7 Å². The van der Waals surface area contributed by atoms with Gasteiger partial charge in [0.25, 0.3) is 0 Å². The number of anilines is 1. The van der Waals surface area contributed by atoms with Gasteiger partial charge in [0.2, 0.25) is 5.91 Å². The summed E-state index contributed by atoms with van der Waals surface area (Å²) in [6, 6.07) is 5.71. The minimum Gasteiger partial charge on any atom is -0.444 e. The Labute approximate surface area is 131 Å². The van der Waals surface area contributed by atoms with Crippen LogP contribution >= 0.6 is 15.9 Å². The quantitative estimate of drug-likeness (QED) is 0.780. The molecule has 2 amide bonds. The molecule has 2 heterocycles. The SMILES string of the molecule is CC(C)(C)OC(=O)N1CC2(C1)C(=O)Nc1ccc(Br)cc12. The number of amides is 2. The maximum atomic E-state index is 12.3. The molecule has 1 spiro atoms. The van der Waals surface area contributed by atoms with Crippen molar-refractivity contribution in [2.75, 3.05) is 18.4 Å². The topological polar surface area (TPSA) is 58.6 Å². The maximum absolute atomic E-state index is 12.3. The molecule has 0 atom stereocenters. The van der Waals surface area contributed by atoms with Crippen LogP contribution in [0.3, 0.4) is 0 Å². The minimum absolute atomic E-state index is 0.0459. The molecule has 2 aliphatic rings. The zero-order valence-corrected chi connectivity index (χ0v) is 13.8. The van der Waals surface area contributed by atoms with E-state index in [-0.39, 0.29) is 12.0 Å². The third-order valence-electron chi connectivity index (χ3n) is 3.75. The van der Waals surface area contributed by atoms with Crippen molar-refractivity contribution < 1.29 is 14.3 Å². The van der Waals surface area contributed by atoms with Crippen LogP contribution in [0.4, 0.5) is 10.5 Å². The van der Waals surface area contributed by atoms with Crippen molar-refractivity contribution in [3.63, 3.8) is 0 Å². The number of nitrogens with zero attached hydrogens (tertiary/aromatic N) is 1. The summed E-state index contributed by atoms with van der Waals surface area (Å²) >= 11 is 3.43. The van der Waals surface area contributed by atoms with Crippen molar-refractivity contribution in [1.29, 1.82) is 0 Å². The third kappa shape index (κ3) is 2.31. The first-order valence-corrected chi connectivity index (χ1v) is 7.60. The molecule has 0 saturated carbocycles. The summed E-state index contributed by atoms with van der Waals surface area (Å²) in [5, 5.41) is 2.89. The number of likely N-dealkylation sites (tertiary alicyclic amines) is 1. The summed E-state index contributed by atoms with van der Waals surface area (Å²) in [7, 11) is 0. The molecule has 5 nitrogen and oxygen atoms in total. The largest absolute Gasteiger partial charge is 0.444 e. The van der Waals surface area contributed by atoms with E-state index >= 15 is 0 Å².